The molecule has 0 aliphatic heterocycles. The van der Waals surface area contributed by atoms with Gasteiger partial charge < -0.3 is 15.8 Å². The van der Waals surface area contributed by atoms with E-state index in [1.165, 1.54) is 0 Å². The van der Waals surface area contributed by atoms with Crippen LogP contribution >= 0.6 is 12.2 Å². The van der Waals surface area contributed by atoms with E-state index in [9.17, 15) is 4.79 Å². The Morgan fingerprint density at radius 1 is 1.44 bits per heavy atom. The van der Waals surface area contributed by atoms with E-state index in [1.54, 1.807) is 0 Å². The maximum atomic E-state index is 11.5. The van der Waals surface area contributed by atoms with Crippen LogP contribution in [0.5, 0.6) is 0 Å². The number of carbonyl (C=O) groups is 1. The molecule has 3 N–H and O–H groups in total. The molecule has 0 unspecified atom stereocenters. The molecule has 94 valence electrons. The van der Waals surface area contributed by atoms with E-state index in [0.717, 1.165) is 0 Å². The highest BCUT2D eigenvalue weighted by Gasteiger charge is 2.31. The van der Waals surface area contributed by atoms with E-state index in [0.29, 0.717) is 30.4 Å². The van der Waals surface area contributed by atoms with Gasteiger partial charge in [-0.1, -0.05) is 39.9 Å². The second-order valence-corrected chi connectivity index (χ2v) is 4.71. The number of carbonyl (C=O) groups excluding carboxylic acids is 1. The molecule has 0 atom stereocenters. The predicted molar refractivity (Wildman–Crippen MR) is 69.4 cm³/mol. The summed E-state index contributed by atoms with van der Waals surface area (Å²) in [6.45, 7) is 8.23. The van der Waals surface area contributed by atoms with Crippen LogP contribution in [0.2, 0.25) is 0 Å². The Morgan fingerprint density at radius 3 is 2.25 bits per heavy atom. The number of rotatable bonds is 6. The zero-order valence-electron chi connectivity index (χ0n) is 10.5. The van der Waals surface area contributed by atoms with Gasteiger partial charge in [0, 0.05) is 0 Å². The molecule has 0 saturated heterocycles. The number of nitrogens with two attached hydrogens (primary N) is 1. The zero-order valence-corrected chi connectivity index (χ0v) is 11.3. The van der Waals surface area contributed by atoms with Crippen molar-refractivity contribution >= 4 is 23.3 Å². The Morgan fingerprint density at radius 2 is 1.94 bits per heavy atom. The number of hydrogen-bond donors (Lipinski definition) is 2. The fourth-order valence-electron chi connectivity index (χ4n) is 1.31. The minimum Gasteiger partial charge on any atom is -0.449 e. The Labute approximate surface area is 103 Å². The third-order valence-electron chi connectivity index (χ3n) is 2.57. The van der Waals surface area contributed by atoms with E-state index in [-0.39, 0.29) is 0 Å². The lowest BCUT2D eigenvalue weighted by molar-refractivity contribution is 0.125. The Bertz CT molecular complexity index is 250. The van der Waals surface area contributed by atoms with Crippen molar-refractivity contribution < 1.29 is 9.53 Å². The number of thiocarbonyl (C=S) groups is 1. The molecule has 0 aliphatic rings. The molecule has 0 fully saturated rings. The maximum Gasteiger partial charge on any atom is 0.407 e. The van der Waals surface area contributed by atoms with Crippen LogP contribution in [-0.2, 0) is 4.74 Å². The molecule has 0 heterocycles. The van der Waals surface area contributed by atoms with Crippen molar-refractivity contribution in [3.8, 4) is 0 Å². The van der Waals surface area contributed by atoms with Gasteiger partial charge in [0.05, 0.1) is 17.1 Å². The first kappa shape index (κ1) is 15.2. The molecular weight excluding hydrogens is 224 g/mol. The molecule has 0 aromatic rings. The summed E-state index contributed by atoms with van der Waals surface area (Å²) in [5.41, 5.74) is 5.04. The third kappa shape index (κ3) is 4.35. The van der Waals surface area contributed by atoms with Gasteiger partial charge in [-0.25, -0.2) is 4.79 Å². The van der Waals surface area contributed by atoms with Gasteiger partial charge in [-0.15, -0.1) is 0 Å². The van der Waals surface area contributed by atoms with Crippen LogP contribution in [0.15, 0.2) is 0 Å². The molecule has 0 rings (SSSR count). The van der Waals surface area contributed by atoms with E-state index in [4.69, 9.17) is 22.7 Å². The molecule has 0 bridgehead atoms. The molecule has 0 aliphatic carbocycles. The van der Waals surface area contributed by atoms with Crippen LogP contribution in [0.3, 0.4) is 0 Å². The summed E-state index contributed by atoms with van der Waals surface area (Å²) in [5, 5.41) is 2.76. The highest BCUT2D eigenvalue weighted by atomic mass is 32.1. The highest BCUT2D eigenvalue weighted by molar-refractivity contribution is 7.80. The summed E-state index contributed by atoms with van der Waals surface area (Å²) < 4.78 is 5.05. The molecule has 5 heteroatoms. The summed E-state index contributed by atoms with van der Waals surface area (Å²) in [6.07, 6.45) is 0.871. The van der Waals surface area contributed by atoms with Crippen molar-refractivity contribution in [3.05, 3.63) is 0 Å². The topological polar surface area (TPSA) is 64.3 Å². The smallest absolute Gasteiger partial charge is 0.407 e. The summed E-state index contributed by atoms with van der Waals surface area (Å²) in [6, 6.07) is 0. The van der Waals surface area contributed by atoms with Gasteiger partial charge in [0.1, 0.15) is 0 Å². The van der Waals surface area contributed by atoms with Crippen LogP contribution in [0, 0.1) is 5.92 Å². The van der Waals surface area contributed by atoms with E-state index >= 15 is 0 Å². The minimum atomic E-state index is -0.622. The first-order valence-corrected chi connectivity index (χ1v) is 6.03. The second-order valence-electron chi connectivity index (χ2n) is 4.27. The lowest BCUT2D eigenvalue weighted by atomic mass is 9.93. The number of ether oxygens (including phenoxy) is 1. The van der Waals surface area contributed by atoms with Crippen molar-refractivity contribution in [3.63, 3.8) is 0 Å². The Balaban J connectivity index is 4.41. The van der Waals surface area contributed by atoms with Gasteiger partial charge in [0.2, 0.25) is 0 Å². The average Bonchev–Trinajstić information content (AvgIpc) is 2.22. The van der Waals surface area contributed by atoms with Gasteiger partial charge in [0.25, 0.3) is 0 Å². The van der Waals surface area contributed by atoms with Gasteiger partial charge in [-0.05, 0) is 18.8 Å². The summed E-state index contributed by atoms with van der Waals surface area (Å²) >= 11 is 4.99. The van der Waals surface area contributed by atoms with Crippen molar-refractivity contribution in [1.29, 1.82) is 0 Å². The van der Waals surface area contributed by atoms with Crippen LogP contribution in [0.1, 0.15) is 40.5 Å². The molecule has 0 saturated carbocycles. The zero-order chi connectivity index (χ0) is 12.8. The molecule has 4 nitrogen and oxygen atoms in total. The fraction of sp³-hybridized carbons (Fsp3) is 0.818. The first-order valence-electron chi connectivity index (χ1n) is 5.62. The Kier molecular flexibility index (Phi) is 6.33. The highest BCUT2D eigenvalue weighted by Crippen LogP contribution is 2.15. The van der Waals surface area contributed by atoms with Gasteiger partial charge in [-0.3, -0.25) is 0 Å². The standard InChI is InChI=1S/C11H22N2O2S/c1-5-11(6-2,9(12)16)13-10(14)15-7-8(3)4/h8H,5-7H2,1-4H3,(H2,12,16)(H,13,14). The molecular formula is C11H22N2O2S. The third-order valence-corrected chi connectivity index (χ3v) is 2.96. The summed E-state index contributed by atoms with van der Waals surface area (Å²) in [5.74, 6) is 0.313. The fourth-order valence-corrected chi connectivity index (χ4v) is 1.65. The number of nitrogens with one attached hydrogen (secondary N) is 1. The van der Waals surface area contributed by atoms with Crippen molar-refractivity contribution in [2.45, 2.75) is 46.1 Å². The second kappa shape index (κ2) is 6.68. The molecule has 16 heavy (non-hydrogen) atoms. The SMILES string of the molecule is CCC(CC)(NC(=O)OCC(C)C)C(N)=S. The molecule has 1 amide bonds. The van der Waals surface area contributed by atoms with E-state index < -0.39 is 11.6 Å². The van der Waals surface area contributed by atoms with Gasteiger partial charge >= 0.3 is 6.09 Å². The first-order chi connectivity index (χ1) is 7.38. The summed E-state index contributed by atoms with van der Waals surface area (Å²) in [4.78, 5) is 11.8. The number of hydrogen-bond acceptors (Lipinski definition) is 3. The van der Waals surface area contributed by atoms with Crippen LogP contribution < -0.4 is 11.1 Å². The largest absolute Gasteiger partial charge is 0.449 e. The summed E-state index contributed by atoms with van der Waals surface area (Å²) in [7, 11) is 0. The molecule has 0 spiro atoms. The average molecular weight is 246 g/mol. The van der Waals surface area contributed by atoms with Crippen molar-refractivity contribution in [2.75, 3.05) is 6.61 Å². The quantitative estimate of drug-likeness (QED) is 0.705. The predicted octanol–water partition coefficient (Wildman–Crippen LogP) is 2.21. The number of amides is 1. The van der Waals surface area contributed by atoms with E-state index in [2.05, 4.69) is 5.32 Å². The van der Waals surface area contributed by atoms with Crippen LogP contribution in [0.25, 0.3) is 0 Å². The van der Waals surface area contributed by atoms with Gasteiger partial charge in [-0.2, -0.15) is 0 Å². The molecule has 0 aromatic heterocycles. The van der Waals surface area contributed by atoms with E-state index in [1.807, 2.05) is 27.7 Å². The normalized spacial score (nSPS) is 11.3. The lowest BCUT2D eigenvalue weighted by Gasteiger charge is -2.31. The Hall–Kier alpha value is -0.840. The van der Waals surface area contributed by atoms with Crippen molar-refractivity contribution in [1.82, 2.24) is 5.32 Å². The van der Waals surface area contributed by atoms with Gasteiger partial charge in [0.15, 0.2) is 0 Å². The van der Waals surface area contributed by atoms with Crippen molar-refractivity contribution in [2.24, 2.45) is 11.7 Å². The van der Waals surface area contributed by atoms with Crippen LogP contribution in [-0.4, -0.2) is 23.2 Å². The monoisotopic (exact) mass is 246 g/mol. The maximum absolute atomic E-state index is 11.5. The molecule has 0 aromatic carbocycles. The van der Waals surface area contributed by atoms with Crippen LogP contribution in [0.4, 0.5) is 4.79 Å². The lowest BCUT2D eigenvalue weighted by Crippen LogP contribution is -2.56. The minimum absolute atomic E-state index is 0.305. The molecule has 0 radical (unpaired) electrons. The number of alkyl carbamates (subject to hydrolysis) is 1.